The average Bonchev–Trinajstić information content (AvgIpc) is 2.91. The summed E-state index contributed by atoms with van der Waals surface area (Å²) in [7, 11) is -0.894. The first-order valence-corrected chi connectivity index (χ1v) is 8.05. The number of hydrogen-bond acceptors (Lipinski definition) is 5. The van der Waals surface area contributed by atoms with Crippen LogP contribution in [0.4, 0.5) is 0 Å². The highest BCUT2D eigenvalue weighted by molar-refractivity contribution is 7.99. The van der Waals surface area contributed by atoms with Crippen LogP contribution in [-0.2, 0) is 10.0 Å². The summed E-state index contributed by atoms with van der Waals surface area (Å²) < 4.78 is 25.1. The minimum Gasteiger partial charge on any atom is -0.478 e. The van der Waals surface area contributed by atoms with Crippen LogP contribution in [0.25, 0.3) is 0 Å². The summed E-state index contributed by atoms with van der Waals surface area (Å²) in [5.74, 6) is -1.19. The molecule has 9 heteroatoms. The quantitative estimate of drug-likeness (QED) is 0.863. The number of aromatic carboxylic acids is 1. The van der Waals surface area contributed by atoms with Crippen molar-refractivity contribution < 1.29 is 18.3 Å². The number of benzene rings is 1. The molecule has 0 bridgehead atoms. The summed E-state index contributed by atoms with van der Waals surface area (Å²) in [6, 6.07) is 4.00. The number of aromatic amines is 1. The first kappa shape index (κ1) is 15.5. The van der Waals surface area contributed by atoms with Gasteiger partial charge in [-0.05, 0) is 18.2 Å². The number of carbonyl (C=O) groups is 1. The number of imidazole rings is 1. The van der Waals surface area contributed by atoms with Crippen molar-refractivity contribution in [2.45, 2.75) is 14.9 Å². The minimum absolute atomic E-state index is 0.0614. The standard InChI is InChI=1S/C12H13N3O4S2/c1-15(2)21(18,19)8-3-4-10(9(7-8)11(16)17)20-12-13-5-6-14-12/h3-7H,1-2H3,(H,13,14)(H,16,17). The highest BCUT2D eigenvalue weighted by atomic mass is 32.2. The molecular formula is C12H13N3O4S2. The van der Waals surface area contributed by atoms with Crippen LogP contribution in [0.5, 0.6) is 0 Å². The Labute approximate surface area is 126 Å². The highest BCUT2D eigenvalue weighted by Gasteiger charge is 2.21. The van der Waals surface area contributed by atoms with E-state index in [4.69, 9.17) is 0 Å². The van der Waals surface area contributed by atoms with Gasteiger partial charge in [-0.2, -0.15) is 0 Å². The number of nitrogens with one attached hydrogen (secondary N) is 1. The lowest BCUT2D eigenvalue weighted by molar-refractivity contribution is 0.0693. The van der Waals surface area contributed by atoms with Crippen LogP contribution in [-0.4, -0.2) is 47.9 Å². The second-order valence-corrected chi connectivity index (χ2v) is 7.43. The SMILES string of the molecule is CN(C)S(=O)(=O)c1ccc(Sc2ncc[nH]2)c(C(=O)O)c1. The first-order valence-electron chi connectivity index (χ1n) is 5.79. The maximum atomic E-state index is 12.0. The Bertz CT molecular complexity index is 755. The maximum absolute atomic E-state index is 12.0. The molecule has 0 aliphatic carbocycles. The Kier molecular flexibility index (Phi) is 4.35. The molecule has 0 unspecified atom stereocenters. The number of aromatic nitrogens is 2. The lowest BCUT2D eigenvalue weighted by Crippen LogP contribution is -2.22. The van der Waals surface area contributed by atoms with E-state index in [1.54, 1.807) is 12.4 Å². The Balaban J connectivity index is 2.48. The van der Waals surface area contributed by atoms with Gasteiger partial charge >= 0.3 is 5.97 Å². The van der Waals surface area contributed by atoms with Crippen LogP contribution < -0.4 is 0 Å². The molecule has 2 N–H and O–H groups in total. The van der Waals surface area contributed by atoms with Crippen molar-refractivity contribution in [2.75, 3.05) is 14.1 Å². The summed E-state index contributed by atoms with van der Waals surface area (Å²) in [6.07, 6.45) is 3.17. The lowest BCUT2D eigenvalue weighted by atomic mass is 10.2. The van der Waals surface area contributed by atoms with E-state index in [0.717, 1.165) is 22.1 Å². The smallest absolute Gasteiger partial charge is 0.336 e. The van der Waals surface area contributed by atoms with Gasteiger partial charge < -0.3 is 10.1 Å². The molecule has 0 atom stereocenters. The van der Waals surface area contributed by atoms with E-state index in [-0.39, 0.29) is 10.5 Å². The summed E-state index contributed by atoms with van der Waals surface area (Å²) in [5, 5.41) is 9.80. The minimum atomic E-state index is -3.67. The van der Waals surface area contributed by atoms with Crippen molar-refractivity contribution in [1.29, 1.82) is 0 Å². The van der Waals surface area contributed by atoms with Crippen molar-refractivity contribution in [2.24, 2.45) is 0 Å². The maximum Gasteiger partial charge on any atom is 0.336 e. The number of carboxylic acids is 1. The third-order valence-electron chi connectivity index (χ3n) is 2.64. The fraction of sp³-hybridized carbons (Fsp3) is 0.167. The van der Waals surface area contributed by atoms with Gasteiger partial charge in [0.2, 0.25) is 10.0 Å². The van der Waals surface area contributed by atoms with E-state index in [1.807, 2.05) is 0 Å². The molecule has 0 radical (unpaired) electrons. The van der Waals surface area contributed by atoms with E-state index in [1.165, 1.54) is 26.2 Å². The third kappa shape index (κ3) is 3.26. The van der Waals surface area contributed by atoms with Crippen LogP contribution >= 0.6 is 11.8 Å². The van der Waals surface area contributed by atoms with E-state index in [9.17, 15) is 18.3 Å². The predicted molar refractivity (Wildman–Crippen MR) is 77.0 cm³/mol. The van der Waals surface area contributed by atoms with Crippen LogP contribution in [0.1, 0.15) is 10.4 Å². The number of H-pyrrole nitrogens is 1. The van der Waals surface area contributed by atoms with Crippen LogP contribution in [0.15, 0.2) is 45.5 Å². The Hall–Kier alpha value is -1.84. The average molecular weight is 327 g/mol. The van der Waals surface area contributed by atoms with E-state index < -0.39 is 16.0 Å². The Morgan fingerprint density at radius 3 is 2.62 bits per heavy atom. The first-order chi connectivity index (χ1) is 9.82. The molecule has 0 aliphatic heterocycles. The number of sulfonamides is 1. The topological polar surface area (TPSA) is 103 Å². The molecular weight excluding hydrogens is 314 g/mol. The van der Waals surface area contributed by atoms with Crippen LogP contribution in [0.3, 0.4) is 0 Å². The van der Waals surface area contributed by atoms with Gasteiger partial charge in [0.25, 0.3) is 0 Å². The van der Waals surface area contributed by atoms with Gasteiger partial charge in [0.05, 0.1) is 10.5 Å². The second kappa shape index (κ2) is 5.88. The zero-order chi connectivity index (χ0) is 15.6. The van der Waals surface area contributed by atoms with Gasteiger partial charge in [0.1, 0.15) is 0 Å². The number of carboxylic acid groups (broad SMARTS) is 1. The fourth-order valence-electron chi connectivity index (χ4n) is 1.55. The van der Waals surface area contributed by atoms with Crippen molar-refractivity contribution in [3.05, 3.63) is 36.2 Å². The number of rotatable bonds is 5. The summed E-state index contributed by atoms with van der Waals surface area (Å²) in [5.41, 5.74) is -0.0840. The Morgan fingerprint density at radius 2 is 2.10 bits per heavy atom. The molecule has 0 fully saturated rings. The van der Waals surface area contributed by atoms with Gasteiger partial charge in [-0.1, -0.05) is 11.8 Å². The monoisotopic (exact) mass is 327 g/mol. The molecule has 1 aromatic heterocycles. The van der Waals surface area contributed by atoms with Gasteiger partial charge in [-0.15, -0.1) is 0 Å². The number of hydrogen-bond donors (Lipinski definition) is 2. The highest BCUT2D eigenvalue weighted by Crippen LogP contribution is 2.30. The van der Waals surface area contributed by atoms with Crippen molar-refractivity contribution in [1.82, 2.24) is 14.3 Å². The molecule has 21 heavy (non-hydrogen) atoms. The predicted octanol–water partition coefficient (Wildman–Crippen LogP) is 1.51. The molecule has 112 valence electrons. The summed E-state index contributed by atoms with van der Waals surface area (Å²) in [6.45, 7) is 0. The molecule has 1 heterocycles. The second-order valence-electron chi connectivity index (χ2n) is 4.25. The van der Waals surface area contributed by atoms with Crippen molar-refractivity contribution in [3.63, 3.8) is 0 Å². The van der Waals surface area contributed by atoms with Gasteiger partial charge in [-0.25, -0.2) is 22.5 Å². The Morgan fingerprint density at radius 1 is 1.38 bits per heavy atom. The zero-order valence-corrected chi connectivity index (χ0v) is 12.9. The molecule has 0 saturated carbocycles. The third-order valence-corrected chi connectivity index (χ3v) is 5.44. The molecule has 2 rings (SSSR count). The number of nitrogens with zero attached hydrogens (tertiary/aromatic N) is 2. The van der Waals surface area contributed by atoms with E-state index >= 15 is 0 Å². The lowest BCUT2D eigenvalue weighted by Gasteiger charge is -2.13. The summed E-state index contributed by atoms with van der Waals surface area (Å²) in [4.78, 5) is 18.5. The zero-order valence-electron chi connectivity index (χ0n) is 11.3. The normalized spacial score (nSPS) is 11.8. The van der Waals surface area contributed by atoms with E-state index in [2.05, 4.69) is 9.97 Å². The van der Waals surface area contributed by atoms with Crippen molar-refractivity contribution in [3.8, 4) is 0 Å². The summed E-state index contributed by atoms with van der Waals surface area (Å²) >= 11 is 1.12. The molecule has 0 spiro atoms. The molecule has 2 aromatic rings. The van der Waals surface area contributed by atoms with Gasteiger partial charge in [0, 0.05) is 31.4 Å². The van der Waals surface area contributed by atoms with Crippen LogP contribution in [0, 0.1) is 0 Å². The molecule has 0 aliphatic rings. The molecule has 7 nitrogen and oxygen atoms in total. The van der Waals surface area contributed by atoms with Gasteiger partial charge in [0.15, 0.2) is 5.16 Å². The van der Waals surface area contributed by atoms with Gasteiger partial charge in [-0.3, -0.25) is 0 Å². The largest absolute Gasteiger partial charge is 0.478 e. The molecule has 0 saturated heterocycles. The fourth-order valence-corrected chi connectivity index (χ4v) is 3.32. The molecule has 0 amide bonds. The van der Waals surface area contributed by atoms with Crippen LogP contribution in [0.2, 0.25) is 0 Å². The van der Waals surface area contributed by atoms with Crippen molar-refractivity contribution >= 4 is 27.8 Å². The molecule has 1 aromatic carbocycles. The van der Waals surface area contributed by atoms with E-state index in [0.29, 0.717) is 10.1 Å².